The summed E-state index contributed by atoms with van der Waals surface area (Å²) in [7, 11) is -3.42. The Labute approximate surface area is 156 Å². The van der Waals surface area contributed by atoms with Crippen LogP contribution in [0, 0.1) is 0 Å². The van der Waals surface area contributed by atoms with Crippen molar-refractivity contribution in [3.63, 3.8) is 0 Å². The number of piperidine rings is 1. The van der Waals surface area contributed by atoms with Gasteiger partial charge < -0.3 is 9.64 Å². The Kier molecular flexibility index (Phi) is 5.13. The van der Waals surface area contributed by atoms with Crippen molar-refractivity contribution in [3.05, 3.63) is 5.01 Å². The Morgan fingerprint density at radius 2 is 1.92 bits per heavy atom. The number of ether oxygens (including phenoxy) is 1. The number of nitrogens with zero attached hydrogens (tertiary/aromatic N) is 4. The fourth-order valence-corrected chi connectivity index (χ4v) is 6.14. The second kappa shape index (κ2) is 7.37. The number of carbonyl (C=O) groups is 1. The van der Waals surface area contributed by atoms with Gasteiger partial charge in [0.15, 0.2) is 0 Å². The average Bonchev–Trinajstić information content (AvgIpc) is 3.42. The second-order valence-electron chi connectivity index (χ2n) is 6.92. The van der Waals surface area contributed by atoms with Crippen molar-refractivity contribution in [1.82, 2.24) is 19.4 Å². The molecule has 2 amide bonds. The average molecular weight is 402 g/mol. The van der Waals surface area contributed by atoms with E-state index in [2.05, 4.69) is 15.5 Å². The van der Waals surface area contributed by atoms with Crippen LogP contribution in [0.5, 0.6) is 0 Å². The fraction of sp³-hybridized carbons (Fsp3) is 0.800. The highest BCUT2D eigenvalue weighted by molar-refractivity contribution is 7.89. The van der Waals surface area contributed by atoms with Gasteiger partial charge in [0.2, 0.25) is 15.2 Å². The van der Waals surface area contributed by atoms with Gasteiger partial charge in [-0.1, -0.05) is 11.3 Å². The zero-order chi connectivity index (χ0) is 18.1. The molecular weight excluding hydrogens is 378 g/mol. The largest absolute Gasteiger partial charge is 0.379 e. The predicted molar refractivity (Wildman–Crippen MR) is 96.8 cm³/mol. The van der Waals surface area contributed by atoms with E-state index in [1.807, 2.05) is 0 Å². The van der Waals surface area contributed by atoms with Crippen LogP contribution in [-0.2, 0) is 14.8 Å². The van der Waals surface area contributed by atoms with Gasteiger partial charge in [-0.05, 0) is 25.7 Å². The standard InChI is InChI=1S/C15H23N5O4S2/c21-15(16-14-18-17-13(25-14)11-3-4-11)19-5-1-2-12(10-19)26(22,23)20-6-8-24-9-7-20/h11-12H,1-10H2,(H,16,18,21). The number of sulfonamides is 1. The van der Waals surface area contributed by atoms with Crippen molar-refractivity contribution in [2.45, 2.75) is 36.9 Å². The van der Waals surface area contributed by atoms with Gasteiger partial charge in [-0.2, -0.15) is 4.31 Å². The first kappa shape index (κ1) is 18.1. The molecule has 1 N–H and O–H groups in total. The first-order valence-corrected chi connectivity index (χ1v) is 11.3. The molecule has 1 atom stereocenters. The molecule has 3 heterocycles. The zero-order valence-corrected chi connectivity index (χ0v) is 16.1. The van der Waals surface area contributed by atoms with Crippen LogP contribution in [0.3, 0.4) is 0 Å². The first-order chi connectivity index (χ1) is 12.5. The lowest BCUT2D eigenvalue weighted by Crippen LogP contribution is -2.52. The highest BCUT2D eigenvalue weighted by atomic mass is 32.2. The number of urea groups is 1. The van der Waals surface area contributed by atoms with E-state index in [0.29, 0.717) is 56.7 Å². The summed E-state index contributed by atoms with van der Waals surface area (Å²) < 4.78 is 32.4. The molecule has 1 unspecified atom stereocenters. The maximum absolute atomic E-state index is 12.8. The van der Waals surface area contributed by atoms with Crippen molar-refractivity contribution in [1.29, 1.82) is 0 Å². The molecule has 2 saturated heterocycles. The molecule has 2 aliphatic heterocycles. The topological polar surface area (TPSA) is 105 Å². The maximum atomic E-state index is 12.8. The Bertz CT molecular complexity index is 758. The minimum Gasteiger partial charge on any atom is -0.379 e. The van der Waals surface area contributed by atoms with E-state index in [1.165, 1.54) is 15.6 Å². The van der Waals surface area contributed by atoms with Crippen molar-refractivity contribution in [2.75, 3.05) is 44.7 Å². The normalized spacial score (nSPS) is 25.2. The molecule has 4 rings (SSSR count). The van der Waals surface area contributed by atoms with Crippen molar-refractivity contribution in [2.24, 2.45) is 0 Å². The van der Waals surface area contributed by atoms with Crippen molar-refractivity contribution < 1.29 is 17.9 Å². The van der Waals surface area contributed by atoms with Gasteiger partial charge in [-0.15, -0.1) is 10.2 Å². The summed E-state index contributed by atoms with van der Waals surface area (Å²) in [6.07, 6.45) is 3.52. The molecule has 9 nitrogen and oxygen atoms in total. The van der Waals surface area contributed by atoms with Gasteiger partial charge in [-0.3, -0.25) is 5.32 Å². The molecule has 144 valence electrons. The van der Waals surface area contributed by atoms with Crippen LogP contribution in [0.4, 0.5) is 9.93 Å². The molecule has 1 aromatic rings. The van der Waals surface area contributed by atoms with E-state index in [4.69, 9.17) is 4.74 Å². The number of aromatic nitrogens is 2. The molecule has 1 saturated carbocycles. The van der Waals surface area contributed by atoms with E-state index in [1.54, 1.807) is 4.90 Å². The number of amides is 2. The van der Waals surface area contributed by atoms with Crippen LogP contribution in [0.2, 0.25) is 0 Å². The number of nitrogens with one attached hydrogen (secondary N) is 1. The molecule has 1 aromatic heterocycles. The summed E-state index contributed by atoms with van der Waals surface area (Å²) in [4.78, 5) is 14.1. The van der Waals surface area contributed by atoms with Crippen LogP contribution in [-0.4, -0.2) is 78.5 Å². The number of hydrogen-bond donors (Lipinski definition) is 1. The number of morpholine rings is 1. The summed E-state index contributed by atoms with van der Waals surface area (Å²) >= 11 is 1.40. The lowest BCUT2D eigenvalue weighted by molar-refractivity contribution is 0.0721. The van der Waals surface area contributed by atoms with Gasteiger partial charge in [-0.25, -0.2) is 13.2 Å². The van der Waals surface area contributed by atoms with Crippen LogP contribution in [0.15, 0.2) is 0 Å². The SMILES string of the molecule is O=C(Nc1nnc(C2CC2)s1)N1CCCC(S(=O)(=O)N2CCOCC2)C1. The molecule has 1 aliphatic carbocycles. The zero-order valence-electron chi connectivity index (χ0n) is 14.5. The summed E-state index contributed by atoms with van der Waals surface area (Å²) in [5.74, 6) is 0.496. The molecule has 0 radical (unpaired) electrons. The predicted octanol–water partition coefficient (Wildman–Crippen LogP) is 1.07. The van der Waals surface area contributed by atoms with E-state index in [-0.39, 0.29) is 12.6 Å². The van der Waals surface area contributed by atoms with Crippen molar-refractivity contribution >= 4 is 32.5 Å². The van der Waals surface area contributed by atoms with Gasteiger partial charge in [0.25, 0.3) is 0 Å². The first-order valence-electron chi connectivity index (χ1n) is 9.00. The van der Waals surface area contributed by atoms with Crippen LogP contribution in [0.1, 0.15) is 36.6 Å². The molecule has 3 aliphatic rings. The number of rotatable bonds is 4. The third-order valence-corrected chi connectivity index (χ3v) is 8.31. The number of hydrogen-bond acceptors (Lipinski definition) is 7. The minimum absolute atomic E-state index is 0.208. The number of anilines is 1. The fourth-order valence-electron chi connectivity index (χ4n) is 3.33. The molecule has 0 aromatic carbocycles. The molecular formula is C15H23N5O4S2. The van der Waals surface area contributed by atoms with Gasteiger partial charge in [0, 0.05) is 32.1 Å². The van der Waals surface area contributed by atoms with Crippen molar-refractivity contribution in [3.8, 4) is 0 Å². The second-order valence-corrected chi connectivity index (χ2v) is 10.1. The van der Waals surface area contributed by atoms with Crippen LogP contribution >= 0.6 is 11.3 Å². The Hall–Kier alpha value is -1.30. The smallest absolute Gasteiger partial charge is 0.323 e. The monoisotopic (exact) mass is 401 g/mol. The lowest BCUT2D eigenvalue weighted by Gasteiger charge is -2.36. The summed E-state index contributed by atoms with van der Waals surface area (Å²) in [6.45, 7) is 2.39. The van der Waals surface area contributed by atoms with Crippen LogP contribution < -0.4 is 5.32 Å². The van der Waals surface area contributed by atoms with Gasteiger partial charge >= 0.3 is 6.03 Å². The van der Waals surface area contributed by atoms with Gasteiger partial charge in [0.05, 0.1) is 18.5 Å². The van der Waals surface area contributed by atoms with E-state index in [0.717, 1.165) is 17.8 Å². The van der Waals surface area contributed by atoms with Gasteiger partial charge in [0.1, 0.15) is 5.01 Å². The molecule has 11 heteroatoms. The Morgan fingerprint density at radius 3 is 2.65 bits per heavy atom. The maximum Gasteiger partial charge on any atom is 0.323 e. The molecule has 0 spiro atoms. The summed E-state index contributed by atoms with van der Waals surface area (Å²) in [6, 6.07) is -0.301. The minimum atomic E-state index is -3.42. The Balaban J connectivity index is 1.38. The summed E-state index contributed by atoms with van der Waals surface area (Å²) in [5.41, 5.74) is 0. The highest BCUT2D eigenvalue weighted by Crippen LogP contribution is 2.42. The summed E-state index contributed by atoms with van der Waals surface area (Å²) in [5, 5.41) is 11.8. The quantitative estimate of drug-likeness (QED) is 0.809. The van der Waals surface area contributed by atoms with E-state index < -0.39 is 15.3 Å². The third-order valence-electron chi connectivity index (χ3n) is 5.00. The lowest BCUT2D eigenvalue weighted by atomic mass is 10.1. The van der Waals surface area contributed by atoms with Crippen LogP contribution in [0.25, 0.3) is 0 Å². The Morgan fingerprint density at radius 1 is 1.15 bits per heavy atom. The molecule has 3 fully saturated rings. The number of likely N-dealkylation sites (tertiary alicyclic amines) is 1. The van der Waals surface area contributed by atoms with E-state index >= 15 is 0 Å². The molecule has 0 bridgehead atoms. The number of carbonyl (C=O) groups excluding carboxylic acids is 1. The molecule has 26 heavy (non-hydrogen) atoms. The third kappa shape index (κ3) is 3.85. The van der Waals surface area contributed by atoms with E-state index in [9.17, 15) is 13.2 Å². The highest BCUT2D eigenvalue weighted by Gasteiger charge is 2.37.